The van der Waals surface area contributed by atoms with Gasteiger partial charge in [0.05, 0.1) is 23.7 Å². The molecule has 2 heterocycles. The highest BCUT2D eigenvalue weighted by atomic mass is 35.5. The minimum atomic E-state index is -3.58. The predicted octanol–water partition coefficient (Wildman–Crippen LogP) is 2.12. The second kappa shape index (κ2) is 8.43. The van der Waals surface area contributed by atoms with E-state index in [0.717, 1.165) is 0 Å². The van der Waals surface area contributed by atoms with Crippen molar-refractivity contribution >= 4 is 27.5 Å². The van der Waals surface area contributed by atoms with E-state index < -0.39 is 10.0 Å². The Morgan fingerprint density at radius 1 is 1.22 bits per heavy atom. The summed E-state index contributed by atoms with van der Waals surface area (Å²) in [5.41, 5.74) is 0. The van der Waals surface area contributed by atoms with Gasteiger partial charge in [-0.05, 0) is 37.3 Å². The highest BCUT2D eigenvalue weighted by Crippen LogP contribution is 2.21. The Bertz CT molecular complexity index is 878. The SMILES string of the molecule is C[C@H](NC(=O)CN1CCN(S(=O)(=O)c2cccc(Cl)c2)CC1)c1ccco1. The molecule has 1 atom stereocenters. The molecule has 1 fully saturated rings. The molecule has 1 saturated heterocycles. The van der Waals surface area contributed by atoms with E-state index in [1.54, 1.807) is 24.5 Å². The summed E-state index contributed by atoms with van der Waals surface area (Å²) in [5, 5.41) is 3.27. The number of amides is 1. The third kappa shape index (κ3) is 4.90. The van der Waals surface area contributed by atoms with Gasteiger partial charge in [0.25, 0.3) is 0 Å². The molecule has 1 aliphatic heterocycles. The Morgan fingerprint density at radius 3 is 2.59 bits per heavy atom. The van der Waals surface area contributed by atoms with Crippen LogP contribution in [0.5, 0.6) is 0 Å². The fourth-order valence-corrected chi connectivity index (χ4v) is 4.73. The molecule has 1 aliphatic rings. The van der Waals surface area contributed by atoms with Crippen LogP contribution >= 0.6 is 11.6 Å². The Morgan fingerprint density at radius 2 is 1.96 bits per heavy atom. The van der Waals surface area contributed by atoms with Gasteiger partial charge in [-0.1, -0.05) is 17.7 Å². The first-order chi connectivity index (χ1) is 12.9. The maximum atomic E-state index is 12.7. The number of piperazine rings is 1. The first-order valence-corrected chi connectivity index (χ1v) is 10.5. The van der Waals surface area contributed by atoms with Gasteiger partial charge in [0, 0.05) is 31.2 Å². The minimum Gasteiger partial charge on any atom is -0.467 e. The molecule has 3 rings (SSSR count). The quantitative estimate of drug-likeness (QED) is 0.787. The molecule has 2 aromatic rings. The summed E-state index contributed by atoms with van der Waals surface area (Å²) in [5.74, 6) is 0.575. The zero-order valence-corrected chi connectivity index (χ0v) is 16.5. The van der Waals surface area contributed by atoms with Crippen molar-refractivity contribution in [2.24, 2.45) is 0 Å². The normalized spacial score (nSPS) is 17.6. The summed E-state index contributed by atoms with van der Waals surface area (Å²) in [6, 6.07) is 9.62. The Labute approximate surface area is 163 Å². The molecule has 27 heavy (non-hydrogen) atoms. The number of sulfonamides is 1. The van der Waals surface area contributed by atoms with Crippen LogP contribution in [0.3, 0.4) is 0 Å². The summed E-state index contributed by atoms with van der Waals surface area (Å²) in [6.45, 7) is 3.71. The lowest BCUT2D eigenvalue weighted by atomic mass is 10.2. The van der Waals surface area contributed by atoms with Crippen LogP contribution in [-0.2, 0) is 14.8 Å². The average Bonchev–Trinajstić information content (AvgIpc) is 3.17. The smallest absolute Gasteiger partial charge is 0.243 e. The van der Waals surface area contributed by atoms with Crippen molar-refractivity contribution in [2.75, 3.05) is 32.7 Å². The molecule has 0 unspecified atom stereocenters. The molecule has 1 N–H and O–H groups in total. The highest BCUT2D eigenvalue weighted by molar-refractivity contribution is 7.89. The Balaban J connectivity index is 1.52. The van der Waals surface area contributed by atoms with E-state index >= 15 is 0 Å². The lowest BCUT2D eigenvalue weighted by Gasteiger charge is -2.33. The summed E-state index contributed by atoms with van der Waals surface area (Å²) in [6.07, 6.45) is 1.57. The van der Waals surface area contributed by atoms with Gasteiger partial charge in [-0.3, -0.25) is 9.69 Å². The number of rotatable bonds is 6. The van der Waals surface area contributed by atoms with Crippen molar-refractivity contribution in [1.82, 2.24) is 14.5 Å². The van der Waals surface area contributed by atoms with Gasteiger partial charge >= 0.3 is 0 Å². The van der Waals surface area contributed by atoms with Crippen LogP contribution in [0.15, 0.2) is 52.0 Å². The van der Waals surface area contributed by atoms with E-state index in [-0.39, 0.29) is 23.4 Å². The first-order valence-electron chi connectivity index (χ1n) is 8.67. The topological polar surface area (TPSA) is 82.9 Å². The van der Waals surface area contributed by atoms with Crippen LogP contribution in [0.25, 0.3) is 0 Å². The minimum absolute atomic E-state index is 0.120. The number of halogens is 1. The molecule has 9 heteroatoms. The second-order valence-corrected chi connectivity index (χ2v) is 8.82. The molecule has 0 spiro atoms. The predicted molar refractivity (Wildman–Crippen MR) is 102 cm³/mol. The van der Waals surface area contributed by atoms with E-state index in [2.05, 4.69) is 5.32 Å². The summed E-state index contributed by atoms with van der Waals surface area (Å²) in [4.78, 5) is 14.3. The fraction of sp³-hybridized carbons (Fsp3) is 0.389. The van der Waals surface area contributed by atoms with E-state index in [9.17, 15) is 13.2 Å². The van der Waals surface area contributed by atoms with Crippen molar-refractivity contribution in [3.63, 3.8) is 0 Å². The zero-order chi connectivity index (χ0) is 19.4. The molecular weight excluding hydrogens is 390 g/mol. The van der Waals surface area contributed by atoms with E-state index in [0.29, 0.717) is 37.0 Å². The second-order valence-electron chi connectivity index (χ2n) is 6.44. The van der Waals surface area contributed by atoms with Crippen molar-refractivity contribution in [1.29, 1.82) is 0 Å². The zero-order valence-electron chi connectivity index (χ0n) is 15.0. The number of benzene rings is 1. The van der Waals surface area contributed by atoms with Crippen LogP contribution in [0, 0.1) is 0 Å². The molecule has 1 amide bonds. The third-order valence-electron chi connectivity index (χ3n) is 4.48. The van der Waals surface area contributed by atoms with Crippen molar-refractivity contribution in [3.8, 4) is 0 Å². The number of carbonyl (C=O) groups is 1. The molecule has 0 saturated carbocycles. The van der Waals surface area contributed by atoms with Crippen LogP contribution in [0.2, 0.25) is 5.02 Å². The number of hydrogen-bond acceptors (Lipinski definition) is 5. The maximum Gasteiger partial charge on any atom is 0.243 e. The van der Waals surface area contributed by atoms with Gasteiger partial charge in [0.1, 0.15) is 5.76 Å². The van der Waals surface area contributed by atoms with E-state index in [1.807, 2.05) is 17.9 Å². The van der Waals surface area contributed by atoms with Gasteiger partial charge < -0.3 is 9.73 Å². The summed E-state index contributed by atoms with van der Waals surface area (Å²) >= 11 is 5.91. The fourth-order valence-electron chi connectivity index (χ4n) is 3.00. The Hall–Kier alpha value is -1.87. The lowest BCUT2D eigenvalue weighted by molar-refractivity contribution is -0.123. The number of furan rings is 1. The van der Waals surface area contributed by atoms with Gasteiger partial charge in [0.2, 0.25) is 15.9 Å². The molecule has 146 valence electrons. The average molecular weight is 412 g/mol. The monoisotopic (exact) mass is 411 g/mol. The van der Waals surface area contributed by atoms with E-state index in [4.69, 9.17) is 16.0 Å². The van der Waals surface area contributed by atoms with Crippen LogP contribution in [0.4, 0.5) is 0 Å². The molecular formula is C18H22ClN3O4S. The summed E-state index contributed by atoms with van der Waals surface area (Å²) < 4.78 is 32.1. The molecule has 7 nitrogen and oxygen atoms in total. The largest absolute Gasteiger partial charge is 0.467 e. The van der Waals surface area contributed by atoms with Crippen LogP contribution < -0.4 is 5.32 Å². The number of nitrogens with zero attached hydrogens (tertiary/aromatic N) is 2. The highest BCUT2D eigenvalue weighted by Gasteiger charge is 2.29. The van der Waals surface area contributed by atoms with Crippen LogP contribution in [-0.4, -0.2) is 56.3 Å². The van der Waals surface area contributed by atoms with Crippen LogP contribution in [0.1, 0.15) is 18.7 Å². The first kappa shape index (κ1) is 19.9. The number of carbonyl (C=O) groups excluding carboxylic acids is 1. The lowest BCUT2D eigenvalue weighted by Crippen LogP contribution is -2.51. The molecule has 0 aliphatic carbocycles. The maximum absolute atomic E-state index is 12.7. The van der Waals surface area contributed by atoms with Gasteiger partial charge in [-0.2, -0.15) is 4.31 Å². The van der Waals surface area contributed by atoms with Gasteiger partial charge in [0.15, 0.2) is 0 Å². The van der Waals surface area contributed by atoms with Crippen molar-refractivity contribution in [3.05, 3.63) is 53.4 Å². The van der Waals surface area contributed by atoms with Gasteiger partial charge in [-0.25, -0.2) is 8.42 Å². The van der Waals surface area contributed by atoms with Crippen molar-refractivity contribution in [2.45, 2.75) is 17.9 Å². The van der Waals surface area contributed by atoms with Crippen molar-refractivity contribution < 1.29 is 17.6 Å². The van der Waals surface area contributed by atoms with E-state index in [1.165, 1.54) is 16.4 Å². The number of nitrogens with one attached hydrogen (secondary N) is 1. The molecule has 1 aromatic carbocycles. The third-order valence-corrected chi connectivity index (χ3v) is 6.61. The summed E-state index contributed by atoms with van der Waals surface area (Å²) in [7, 11) is -3.58. The number of hydrogen-bond donors (Lipinski definition) is 1. The Kier molecular flexibility index (Phi) is 6.21. The molecule has 1 aromatic heterocycles. The molecule has 0 radical (unpaired) electrons. The standard InChI is InChI=1S/C18H22ClN3O4S/c1-14(17-6-3-11-26-17)20-18(23)13-21-7-9-22(10-8-21)27(24,25)16-5-2-4-15(19)12-16/h2-6,11-12,14H,7-10,13H2,1H3,(H,20,23)/t14-/m0/s1. The van der Waals surface area contributed by atoms with Gasteiger partial charge in [-0.15, -0.1) is 0 Å². The molecule has 0 bridgehead atoms.